The van der Waals surface area contributed by atoms with E-state index < -0.39 is 22.0 Å². The molecule has 0 spiro atoms. The normalized spacial score (nSPS) is 16.9. The van der Waals surface area contributed by atoms with Crippen molar-refractivity contribution < 1.29 is 27.4 Å². The molecule has 230 valence electrons. The lowest BCUT2D eigenvalue weighted by Crippen LogP contribution is -2.60. The third-order valence-electron chi connectivity index (χ3n) is 7.51. The van der Waals surface area contributed by atoms with Crippen LogP contribution in [0.3, 0.4) is 0 Å². The lowest BCUT2D eigenvalue weighted by molar-refractivity contribution is -0.124. The van der Waals surface area contributed by atoms with Crippen LogP contribution in [-0.2, 0) is 21.2 Å². The Labute approximate surface area is 255 Å². The van der Waals surface area contributed by atoms with Gasteiger partial charge in [0.1, 0.15) is 37.2 Å². The molecule has 2 aromatic carbocycles. The molecule has 1 unspecified atom stereocenters. The molecule has 2 aliphatic rings. The van der Waals surface area contributed by atoms with Crippen LogP contribution in [0.2, 0.25) is 0 Å². The molecule has 0 bridgehead atoms. The number of carbonyl (C=O) groups excluding carboxylic acids is 1. The molecule has 0 aliphatic carbocycles. The maximum Gasteiger partial charge on any atom is 0.243 e. The molecule has 6 rings (SSSR count). The van der Waals surface area contributed by atoms with Gasteiger partial charge in [0, 0.05) is 50.3 Å². The van der Waals surface area contributed by atoms with Gasteiger partial charge in [-0.05, 0) is 55.3 Å². The van der Waals surface area contributed by atoms with Crippen LogP contribution >= 0.6 is 0 Å². The first-order valence-corrected chi connectivity index (χ1v) is 15.7. The number of rotatable bonds is 9. The third-order valence-corrected chi connectivity index (χ3v) is 9.43. The predicted octanol–water partition coefficient (Wildman–Crippen LogP) is 1.99. The summed E-state index contributed by atoms with van der Waals surface area (Å²) in [7, 11) is -2.50. The summed E-state index contributed by atoms with van der Waals surface area (Å²) < 4.78 is 47.2. The molecule has 14 heteroatoms. The topological polar surface area (TPSA) is 141 Å². The summed E-state index contributed by atoms with van der Waals surface area (Å²) in [6, 6.07) is 12.7. The van der Waals surface area contributed by atoms with Gasteiger partial charge in [-0.1, -0.05) is 6.07 Å². The van der Waals surface area contributed by atoms with E-state index >= 15 is 0 Å². The molecule has 1 fully saturated rings. The smallest absolute Gasteiger partial charge is 0.243 e. The SMILES string of the molecule is COc1ccc(S(=O)(=O)N2CCN(c3cc(C)nc(-n4ccnc4)n3)CC2C(=O)NCCc2ccc3c(c2)OCCO3)cc1. The third kappa shape index (κ3) is 6.17. The van der Waals surface area contributed by atoms with Gasteiger partial charge in [0.05, 0.1) is 12.0 Å². The maximum atomic E-state index is 13.9. The highest BCUT2D eigenvalue weighted by molar-refractivity contribution is 7.89. The highest BCUT2D eigenvalue weighted by Crippen LogP contribution is 2.31. The summed E-state index contributed by atoms with van der Waals surface area (Å²) in [5.74, 6) is 2.54. The first-order valence-electron chi connectivity index (χ1n) is 14.2. The van der Waals surface area contributed by atoms with Gasteiger partial charge in [-0.2, -0.15) is 9.29 Å². The second-order valence-corrected chi connectivity index (χ2v) is 12.3. The molecule has 44 heavy (non-hydrogen) atoms. The molecule has 2 aliphatic heterocycles. The van der Waals surface area contributed by atoms with Crippen molar-refractivity contribution >= 4 is 21.7 Å². The van der Waals surface area contributed by atoms with Gasteiger partial charge >= 0.3 is 0 Å². The average molecular weight is 620 g/mol. The number of hydrogen-bond donors (Lipinski definition) is 1. The van der Waals surface area contributed by atoms with Crippen LogP contribution in [0.4, 0.5) is 5.82 Å². The average Bonchev–Trinajstić information content (AvgIpc) is 3.60. The number of piperazine rings is 1. The van der Waals surface area contributed by atoms with Crippen molar-refractivity contribution in [2.75, 3.05) is 51.4 Å². The number of anilines is 1. The van der Waals surface area contributed by atoms with Gasteiger partial charge in [0.25, 0.3) is 0 Å². The number of amides is 1. The lowest BCUT2D eigenvalue weighted by Gasteiger charge is -2.40. The van der Waals surface area contributed by atoms with Crippen LogP contribution < -0.4 is 24.4 Å². The Morgan fingerprint density at radius 1 is 1.05 bits per heavy atom. The number of fused-ring (bicyclic) bond motifs is 1. The van der Waals surface area contributed by atoms with Gasteiger partial charge in [-0.3, -0.25) is 9.36 Å². The zero-order valence-electron chi connectivity index (χ0n) is 24.4. The Bertz CT molecular complexity index is 1730. The van der Waals surface area contributed by atoms with Crippen LogP contribution in [0.5, 0.6) is 17.2 Å². The molecule has 1 saturated heterocycles. The molecule has 4 heterocycles. The van der Waals surface area contributed by atoms with Crippen molar-refractivity contribution in [1.82, 2.24) is 29.1 Å². The number of benzene rings is 2. The second kappa shape index (κ2) is 12.5. The fraction of sp³-hybridized carbons (Fsp3) is 0.333. The van der Waals surface area contributed by atoms with Gasteiger partial charge < -0.3 is 24.4 Å². The number of aromatic nitrogens is 4. The van der Waals surface area contributed by atoms with Crippen molar-refractivity contribution in [2.24, 2.45) is 0 Å². The van der Waals surface area contributed by atoms with Crippen LogP contribution in [0.1, 0.15) is 11.3 Å². The maximum absolute atomic E-state index is 13.9. The van der Waals surface area contributed by atoms with E-state index in [-0.39, 0.29) is 18.0 Å². The molecule has 2 aromatic heterocycles. The van der Waals surface area contributed by atoms with E-state index in [4.69, 9.17) is 19.2 Å². The second-order valence-electron chi connectivity index (χ2n) is 10.4. The minimum absolute atomic E-state index is 0.0814. The first kappa shape index (κ1) is 29.4. The Morgan fingerprint density at radius 3 is 2.59 bits per heavy atom. The van der Waals surface area contributed by atoms with E-state index in [0.29, 0.717) is 61.7 Å². The molecule has 1 N–H and O–H groups in total. The Hall–Kier alpha value is -4.69. The van der Waals surface area contributed by atoms with Crippen molar-refractivity contribution in [1.29, 1.82) is 0 Å². The van der Waals surface area contributed by atoms with Gasteiger partial charge in [0.15, 0.2) is 11.5 Å². The number of sulfonamides is 1. The van der Waals surface area contributed by atoms with E-state index in [1.807, 2.05) is 36.1 Å². The predicted molar refractivity (Wildman–Crippen MR) is 161 cm³/mol. The number of ether oxygens (including phenoxy) is 3. The number of carbonyl (C=O) groups is 1. The number of imidazole rings is 1. The largest absolute Gasteiger partial charge is 0.497 e. The zero-order chi connectivity index (χ0) is 30.7. The fourth-order valence-corrected chi connectivity index (χ4v) is 6.81. The quantitative estimate of drug-likeness (QED) is 0.296. The monoisotopic (exact) mass is 619 g/mol. The first-order chi connectivity index (χ1) is 21.3. The van der Waals surface area contributed by atoms with E-state index in [1.54, 1.807) is 35.4 Å². The number of aryl methyl sites for hydroxylation is 1. The van der Waals surface area contributed by atoms with E-state index in [1.165, 1.54) is 23.5 Å². The van der Waals surface area contributed by atoms with Gasteiger partial charge in [-0.15, -0.1) is 0 Å². The van der Waals surface area contributed by atoms with Crippen molar-refractivity contribution in [3.8, 4) is 23.2 Å². The molecule has 1 atom stereocenters. The summed E-state index contributed by atoms with van der Waals surface area (Å²) >= 11 is 0. The highest BCUT2D eigenvalue weighted by Gasteiger charge is 2.40. The van der Waals surface area contributed by atoms with E-state index in [2.05, 4.69) is 15.3 Å². The van der Waals surface area contributed by atoms with Crippen molar-refractivity contribution in [2.45, 2.75) is 24.3 Å². The lowest BCUT2D eigenvalue weighted by atomic mass is 10.1. The molecule has 1 amide bonds. The van der Waals surface area contributed by atoms with Crippen LogP contribution in [-0.4, -0.2) is 90.7 Å². The molecule has 0 saturated carbocycles. The minimum Gasteiger partial charge on any atom is -0.497 e. The van der Waals surface area contributed by atoms with Crippen molar-refractivity contribution in [3.05, 3.63) is 78.5 Å². The molecule has 0 radical (unpaired) electrons. The fourth-order valence-electron chi connectivity index (χ4n) is 5.24. The summed E-state index contributed by atoms with van der Waals surface area (Å²) in [6.45, 7) is 3.68. The molecule has 13 nitrogen and oxygen atoms in total. The number of nitrogens with zero attached hydrogens (tertiary/aromatic N) is 6. The van der Waals surface area contributed by atoms with Gasteiger partial charge in [-0.25, -0.2) is 18.4 Å². The van der Waals surface area contributed by atoms with E-state index in [0.717, 1.165) is 11.3 Å². The Balaban J connectivity index is 1.23. The molecule has 4 aromatic rings. The summed E-state index contributed by atoms with van der Waals surface area (Å²) in [6.07, 6.45) is 5.52. The Kier molecular flexibility index (Phi) is 8.35. The zero-order valence-corrected chi connectivity index (χ0v) is 25.2. The number of nitrogens with one attached hydrogen (secondary N) is 1. The van der Waals surface area contributed by atoms with Crippen LogP contribution in [0.25, 0.3) is 5.95 Å². The molecular weight excluding hydrogens is 586 g/mol. The van der Waals surface area contributed by atoms with Crippen LogP contribution in [0, 0.1) is 6.92 Å². The molecular formula is C30H33N7O6S. The minimum atomic E-state index is -4.01. The summed E-state index contributed by atoms with van der Waals surface area (Å²) in [5, 5.41) is 2.96. The number of hydrogen-bond acceptors (Lipinski definition) is 10. The Morgan fingerprint density at radius 2 is 1.84 bits per heavy atom. The van der Waals surface area contributed by atoms with Crippen LogP contribution in [0.15, 0.2) is 72.1 Å². The van der Waals surface area contributed by atoms with Gasteiger partial charge in [0.2, 0.25) is 21.9 Å². The van der Waals surface area contributed by atoms with E-state index in [9.17, 15) is 13.2 Å². The summed E-state index contributed by atoms with van der Waals surface area (Å²) in [4.78, 5) is 29.0. The highest BCUT2D eigenvalue weighted by atomic mass is 32.2. The number of methoxy groups -OCH3 is 1. The van der Waals surface area contributed by atoms with Crippen molar-refractivity contribution in [3.63, 3.8) is 0 Å². The summed E-state index contributed by atoms with van der Waals surface area (Å²) in [5.41, 5.74) is 1.69. The standard InChI is InChI=1S/C30H33N7O6S/c1-21-17-28(34-30(33-21)36-12-11-31-20-36)35-13-14-37(44(39,40)24-6-4-23(41-2)5-7-24)25(19-35)29(38)32-10-9-22-3-8-26-27(18-22)43-16-15-42-26/h3-8,11-12,17-18,20,25H,9-10,13-16,19H2,1-2H3,(H,32,38).